The number of hydrogen-bond donors (Lipinski definition) is 1. The number of nitrogens with zero attached hydrogens (tertiary/aromatic N) is 3. The van der Waals surface area contributed by atoms with Crippen molar-refractivity contribution in [1.29, 1.82) is 10.5 Å². The van der Waals surface area contributed by atoms with E-state index in [0.29, 0.717) is 11.6 Å². The lowest BCUT2D eigenvalue weighted by atomic mass is 10.2. The molecule has 0 spiro atoms. The van der Waals surface area contributed by atoms with E-state index in [9.17, 15) is 10.5 Å². The van der Waals surface area contributed by atoms with Crippen LogP contribution in [0, 0.1) is 22.7 Å². The van der Waals surface area contributed by atoms with Gasteiger partial charge < -0.3 is 5.32 Å². The highest BCUT2D eigenvalue weighted by Gasteiger charge is 2.08. The summed E-state index contributed by atoms with van der Waals surface area (Å²) < 4.78 is 0. The molecule has 0 heterocycles. The van der Waals surface area contributed by atoms with Gasteiger partial charge in [-0.05, 0) is 41.5 Å². The topological polar surface area (TPSA) is 72.0 Å². The van der Waals surface area contributed by atoms with Gasteiger partial charge in [-0.25, -0.2) is 4.99 Å². The van der Waals surface area contributed by atoms with Crippen molar-refractivity contribution in [2.45, 2.75) is 16.3 Å². The molecule has 146 valence electrons. The van der Waals surface area contributed by atoms with Crippen LogP contribution in [0.2, 0.25) is 5.02 Å². The fraction of sp³-hybridized carbons (Fsp3) is 0.0417. The molecule has 3 aromatic carbocycles. The zero-order valence-electron chi connectivity index (χ0n) is 15.9. The van der Waals surface area contributed by atoms with Crippen LogP contribution in [-0.2, 0) is 6.54 Å². The van der Waals surface area contributed by atoms with Crippen molar-refractivity contribution in [2.24, 2.45) is 4.99 Å². The lowest BCUT2D eigenvalue weighted by Crippen LogP contribution is -2.14. The van der Waals surface area contributed by atoms with E-state index < -0.39 is 0 Å². The van der Waals surface area contributed by atoms with Crippen molar-refractivity contribution >= 4 is 29.6 Å². The van der Waals surface area contributed by atoms with Crippen molar-refractivity contribution < 1.29 is 0 Å². The molecule has 0 bridgehead atoms. The Morgan fingerprint density at radius 3 is 2.33 bits per heavy atom. The summed E-state index contributed by atoms with van der Waals surface area (Å²) in [6.07, 6.45) is 1.57. The molecule has 0 unspecified atom stereocenters. The van der Waals surface area contributed by atoms with Crippen molar-refractivity contribution in [1.82, 2.24) is 5.32 Å². The van der Waals surface area contributed by atoms with Crippen LogP contribution in [-0.4, -0.2) is 6.21 Å². The second-order valence-electron chi connectivity index (χ2n) is 6.13. The van der Waals surface area contributed by atoms with Crippen molar-refractivity contribution in [3.8, 4) is 12.1 Å². The van der Waals surface area contributed by atoms with Gasteiger partial charge in [0.1, 0.15) is 12.1 Å². The van der Waals surface area contributed by atoms with Gasteiger partial charge in [0.2, 0.25) is 0 Å². The standard InChI is InChI=1S/C24H17ClN4S/c25-20-10-12-21(13-11-20)30-24-9-5-4-8-19(24)17-29-23(15-27)22(14-26)28-16-18-6-2-1-3-7-18/h1-13,16,29H,17H2/b23-22+,28-16?. The van der Waals surface area contributed by atoms with Crippen molar-refractivity contribution in [2.75, 3.05) is 0 Å². The van der Waals surface area contributed by atoms with Crippen LogP contribution < -0.4 is 5.32 Å². The lowest BCUT2D eigenvalue weighted by Gasteiger charge is -2.11. The predicted molar refractivity (Wildman–Crippen MR) is 121 cm³/mol. The van der Waals surface area contributed by atoms with E-state index in [2.05, 4.69) is 10.3 Å². The molecule has 4 nitrogen and oxygen atoms in total. The fourth-order valence-corrected chi connectivity index (χ4v) is 3.64. The summed E-state index contributed by atoms with van der Waals surface area (Å²) in [4.78, 5) is 6.30. The van der Waals surface area contributed by atoms with Gasteiger partial charge >= 0.3 is 0 Å². The lowest BCUT2D eigenvalue weighted by molar-refractivity contribution is 0.813. The van der Waals surface area contributed by atoms with Crippen LogP contribution >= 0.6 is 23.4 Å². The second kappa shape index (κ2) is 10.9. The highest BCUT2D eigenvalue weighted by Crippen LogP contribution is 2.31. The average Bonchev–Trinajstić information content (AvgIpc) is 2.79. The van der Waals surface area contributed by atoms with Gasteiger partial charge in [0, 0.05) is 27.6 Å². The van der Waals surface area contributed by atoms with E-state index in [0.717, 1.165) is 20.9 Å². The Labute approximate surface area is 185 Å². The smallest absolute Gasteiger partial charge is 0.174 e. The first-order valence-corrected chi connectivity index (χ1v) is 10.3. The summed E-state index contributed by atoms with van der Waals surface area (Å²) in [5.74, 6) is 0. The quantitative estimate of drug-likeness (QED) is 0.372. The predicted octanol–water partition coefficient (Wildman–Crippen LogP) is 5.96. The first-order valence-electron chi connectivity index (χ1n) is 9.08. The van der Waals surface area contributed by atoms with E-state index >= 15 is 0 Å². The molecule has 0 aliphatic rings. The largest absolute Gasteiger partial charge is 0.370 e. The van der Waals surface area contributed by atoms with E-state index in [-0.39, 0.29) is 11.4 Å². The van der Waals surface area contributed by atoms with E-state index in [1.807, 2.05) is 91.0 Å². The molecule has 3 rings (SSSR count). The third-order valence-electron chi connectivity index (χ3n) is 4.07. The zero-order valence-corrected chi connectivity index (χ0v) is 17.5. The number of aliphatic imine (C=N–C) groups is 1. The highest BCUT2D eigenvalue weighted by atomic mass is 35.5. The molecule has 30 heavy (non-hydrogen) atoms. The SMILES string of the molecule is N#C/C(N=Cc1ccccc1)=C(/C#N)NCc1ccccc1Sc1ccc(Cl)cc1. The molecule has 0 aliphatic heterocycles. The summed E-state index contributed by atoms with van der Waals surface area (Å²) in [5, 5.41) is 22.7. The fourth-order valence-electron chi connectivity index (χ4n) is 2.57. The van der Waals surface area contributed by atoms with Gasteiger partial charge in [0.05, 0.1) is 0 Å². The van der Waals surface area contributed by atoms with Crippen LogP contribution in [0.3, 0.4) is 0 Å². The molecule has 0 saturated carbocycles. The molecular weight excluding hydrogens is 412 g/mol. The Morgan fingerprint density at radius 2 is 1.63 bits per heavy atom. The number of halogens is 1. The van der Waals surface area contributed by atoms with Gasteiger partial charge in [0.15, 0.2) is 11.4 Å². The Balaban J connectivity index is 1.76. The van der Waals surface area contributed by atoms with Crippen molar-refractivity contribution in [3.05, 3.63) is 106 Å². The molecule has 6 heteroatoms. The van der Waals surface area contributed by atoms with E-state index in [1.54, 1.807) is 18.0 Å². The molecular formula is C24H17ClN4S. The summed E-state index contributed by atoms with van der Waals surface area (Å²) >= 11 is 7.57. The Bertz CT molecular complexity index is 1140. The molecule has 0 amide bonds. The third kappa shape index (κ3) is 5.99. The minimum Gasteiger partial charge on any atom is -0.370 e. The monoisotopic (exact) mass is 428 g/mol. The Kier molecular flexibility index (Phi) is 7.69. The Hall–Kier alpha value is -3.51. The minimum absolute atomic E-state index is 0.0455. The summed E-state index contributed by atoms with van der Waals surface area (Å²) in [7, 11) is 0. The van der Waals surface area contributed by atoms with E-state index in [4.69, 9.17) is 11.6 Å². The first kappa shape index (κ1) is 21.2. The Morgan fingerprint density at radius 1 is 0.933 bits per heavy atom. The van der Waals surface area contributed by atoms with Crippen LogP contribution in [0.1, 0.15) is 11.1 Å². The van der Waals surface area contributed by atoms with Crippen molar-refractivity contribution in [3.63, 3.8) is 0 Å². The minimum atomic E-state index is 0.0455. The zero-order chi connectivity index (χ0) is 21.2. The second-order valence-corrected chi connectivity index (χ2v) is 7.69. The maximum absolute atomic E-state index is 9.52. The molecule has 0 atom stereocenters. The van der Waals surface area contributed by atoms with Crippen LogP contribution in [0.5, 0.6) is 0 Å². The van der Waals surface area contributed by atoms with Gasteiger partial charge in [-0.1, -0.05) is 71.9 Å². The maximum Gasteiger partial charge on any atom is 0.174 e. The average molecular weight is 429 g/mol. The summed E-state index contributed by atoms with van der Waals surface area (Å²) in [6, 6.07) is 29.0. The number of rotatable bonds is 7. The van der Waals surface area contributed by atoms with Gasteiger partial charge in [-0.3, -0.25) is 0 Å². The molecule has 0 aliphatic carbocycles. The number of nitrogens with one attached hydrogen (secondary N) is 1. The number of hydrogen-bond acceptors (Lipinski definition) is 5. The molecule has 0 aromatic heterocycles. The number of allylic oxidation sites excluding steroid dienone is 2. The number of nitriles is 2. The number of benzene rings is 3. The molecule has 0 fully saturated rings. The van der Waals surface area contributed by atoms with Gasteiger partial charge in [-0.15, -0.1) is 0 Å². The molecule has 0 saturated heterocycles. The first-order chi connectivity index (χ1) is 14.7. The molecule has 3 aromatic rings. The van der Waals surface area contributed by atoms with Crippen LogP contribution in [0.4, 0.5) is 0 Å². The molecule has 0 radical (unpaired) electrons. The van der Waals surface area contributed by atoms with Gasteiger partial charge in [0.25, 0.3) is 0 Å². The van der Waals surface area contributed by atoms with Crippen LogP contribution in [0.15, 0.2) is 105 Å². The summed E-state index contributed by atoms with van der Waals surface area (Å²) in [5.41, 5.74) is 2.04. The van der Waals surface area contributed by atoms with E-state index in [1.165, 1.54) is 0 Å². The van der Waals surface area contributed by atoms with Crippen LogP contribution in [0.25, 0.3) is 0 Å². The highest BCUT2D eigenvalue weighted by molar-refractivity contribution is 7.99. The normalized spacial score (nSPS) is 11.4. The third-order valence-corrected chi connectivity index (χ3v) is 5.44. The molecule has 1 N–H and O–H groups in total. The van der Waals surface area contributed by atoms with Gasteiger partial charge in [-0.2, -0.15) is 10.5 Å². The maximum atomic E-state index is 9.52. The summed E-state index contributed by atoms with van der Waals surface area (Å²) in [6.45, 7) is 0.395.